The van der Waals surface area contributed by atoms with Gasteiger partial charge in [0.05, 0.1) is 29.4 Å². The molecule has 37 heavy (non-hydrogen) atoms. The van der Waals surface area contributed by atoms with Crippen molar-refractivity contribution in [1.82, 2.24) is 9.55 Å². The first kappa shape index (κ1) is 24.6. The molecule has 1 aliphatic heterocycles. The van der Waals surface area contributed by atoms with Crippen LogP contribution in [0.5, 0.6) is 5.75 Å². The third-order valence-corrected chi connectivity index (χ3v) is 7.79. The number of hydrogen-bond acceptors (Lipinski definition) is 6. The lowest BCUT2D eigenvalue weighted by Crippen LogP contribution is -2.42. The zero-order valence-corrected chi connectivity index (χ0v) is 21.4. The van der Waals surface area contributed by atoms with Gasteiger partial charge in [0.15, 0.2) is 0 Å². The second kappa shape index (κ2) is 9.78. The molecule has 0 radical (unpaired) electrons. The fourth-order valence-corrected chi connectivity index (χ4v) is 5.78. The number of aromatic nitrogens is 2. The minimum atomic E-state index is -0.414. The number of benzene rings is 2. The monoisotopic (exact) mass is 520 g/mol. The van der Waals surface area contributed by atoms with Gasteiger partial charge < -0.3 is 15.0 Å². The van der Waals surface area contributed by atoms with Crippen LogP contribution in [0.15, 0.2) is 53.6 Å². The van der Waals surface area contributed by atoms with E-state index in [4.69, 9.17) is 4.74 Å². The first-order chi connectivity index (χ1) is 17.8. The number of nitrogens with zero attached hydrogens (tertiary/aromatic N) is 3. The number of nitrogens with one attached hydrogen (secondary N) is 1. The summed E-state index contributed by atoms with van der Waals surface area (Å²) in [6, 6.07) is 11.3. The Morgan fingerprint density at radius 3 is 2.81 bits per heavy atom. The van der Waals surface area contributed by atoms with Crippen LogP contribution in [0.25, 0.3) is 10.2 Å². The Kier molecular flexibility index (Phi) is 6.51. The van der Waals surface area contributed by atoms with Crippen molar-refractivity contribution in [2.24, 2.45) is 0 Å². The second-order valence-corrected chi connectivity index (χ2v) is 10.00. The first-order valence-electron chi connectivity index (χ1n) is 11.8. The van der Waals surface area contributed by atoms with Gasteiger partial charge in [-0.05, 0) is 68.1 Å². The fraction of sp³-hybridized carbons (Fsp3) is 0.259. The van der Waals surface area contributed by atoms with Gasteiger partial charge in [-0.15, -0.1) is 11.3 Å². The molecule has 1 N–H and O–H groups in total. The SMILES string of the molecule is COc1ccccc1NC(=O)Cn1cnc2sc(C(=O)N3c4ccc(F)cc4CC[C@@H]3C)c(C)c2c1=O. The summed E-state index contributed by atoms with van der Waals surface area (Å²) in [6.45, 7) is 3.42. The molecule has 4 aromatic rings. The Bertz CT molecular complexity index is 1600. The molecule has 3 heterocycles. The highest BCUT2D eigenvalue weighted by molar-refractivity contribution is 7.20. The van der Waals surface area contributed by atoms with Crippen LogP contribution in [0.4, 0.5) is 15.8 Å². The zero-order chi connectivity index (χ0) is 26.3. The summed E-state index contributed by atoms with van der Waals surface area (Å²) in [4.78, 5) is 46.6. The molecule has 10 heteroatoms. The zero-order valence-electron chi connectivity index (χ0n) is 20.6. The molecule has 0 unspecified atom stereocenters. The van der Waals surface area contributed by atoms with Crippen molar-refractivity contribution in [2.75, 3.05) is 17.3 Å². The van der Waals surface area contributed by atoms with E-state index in [1.54, 1.807) is 42.2 Å². The maximum atomic E-state index is 13.8. The van der Waals surface area contributed by atoms with Gasteiger partial charge in [-0.2, -0.15) is 0 Å². The molecule has 1 aliphatic rings. The highest BCUT2D eigenvalue weighted by Gasteiger charge is 2.32. The fourth-order valence-electron chi connectivity index (χ4n) is 4.71. The Balaban J connectivity index is 1.46. The standard InChI is InChI=1S/C27H25FN4O4S/c1-15-8-9-17-12-18(28)10-11-20(17)32(15)27(35)24-16(2)23-25(37-24)29-14-31(26(23)34)13-22(33)30-19-6-4-5-7-21(19)36-3/h4-7,10-12,14-15H,8-9,13H2,1-3H3,(H,30,33)/t15-/m0/s1. The van der Waals surface area contributed by atoms with E-state index < -0.39 is 11.5 Å². The van der Waals surface area contributed by atoms with Crippen molar-refractivity contribution in [2.45, 2.75) is 39.3 Å². The highest BCUT2D eigenvalue weighted by Crippen LogP contribution is 2.35. The molecule has 0 saturated carbocycles. The van der Waals surface area contributed by atoms with Crippen LogP contribution in [-0.2, 0) is 17.8 Å². The van der Waals surface area contributed by atoms with Crippen LogP contribution in [0.2, 0.25) is 0 Å². The minimum absolute atomic E-state index is 0.0848. The number of methoxy groups -OCH3 is 1. The Morgan fingerprint density at radius 1 is 1.24 bits per heavy atom. The molecule has 8 nitrogen and oxygen atoms in total. The number of carbonyl (C=O) groups excluding carboxylic acids is 2. The molecule has 190 valence electrons. The lowest BCUT2D eigenvalue weighted by atomic mass is 9.96. The van der Waals surface area contributed by atoms with Gasteiger partial charge in [-0.1, -0.05) is 12.1 Å². The molecule has 0 bridgehead atoms. The van der Waals surface area contributed by atoms with Gasteiger partial charge in [0.1, 0.15) is 22.9 Å². The molecule has 0 spiro atoms. The lowest BCUT2D eigenvalue weighted by Gasteiger charge is -2.35. The molecular formula is C27H25FN4O4S. The summed E-state index contributed by atoms with van der Waals surface area (Å²) < 4.78 is 20.3. The van der Waals surface area contributed by atoms with Crippen LogP contribution in [0, 0.1) is 12.7 Å². The largest absolute Gasteiger partial charge is 0.495 e. The normalized spacial score (nSPS) is 14.9. The molecule has 5 rings (SSSR count). The summed E-state index contributed by atoms with van der Waals surface area (Å²) in [6.07, 6.45) is 2.71. The number of ether oxygens (including phenoxy) is 1. The second-order valence-electron chi connectivity index (χ2n) is 9.00. The van der Waals surface area contributed by atoms with E-state index in [2.05, 4.69) is 10.3 Å². The molecule has 2 aromatic heterocycles. The first-order valence-corrected chi connectivity index (χ1v) is 12.6. The maximum absolute atomic E-state index is 13.8. The van der Waals surface area contributed by atoms with E-state index >= 15 is 0 Å². The summed E-state index contributed by atoms with van der Waals surface area (Å²) in [5.41, 5.74) is 2.07. The van der Waals surface area contributed by atoms with E-state index in [1.807, 2.05) is 6.92 Å². The topological polar surface area (TPSA) is 93.5 Å². The number of fused-ring (bicyclic) bond motifs is 2. The Labute approximate surface area is 216 Å². The van der Waals surface area contributed by atoms with Gasteiger partial charge in [0.25, 0.3) is 11.5 Å². The van der Waals surface area contributed by atoms with Crippen molar-refractivity contribution >= 4 is 44.7 Å². The van der Waals surface area contributed by atoms with Gasteiger partial charge in [0, 0.05) is 11.7 Å². The lowest BCUT2D eigenvalue weighted by molar-refractivity contribution is -0.116. The van der Waals surface area contributed by atoms with E-state index in [-0.39, 0.29) is 24.3 Å². The minimum Gasteiger partial charge on any atom is -0.495 e. The molecule has 2 aromatic carbocycles. The van der Waals surface area contributed by atoms with Gasteiger partial charge in [-0.3, -0.25) is 19.0 Å². The maximum Gasteiger partial charge on any atom is 0.268 e. The number of halogens is 1. The van der Waals surface area contributed by atoms with Gasteiger partial charge in [0.2, 0.25) is 5.91 Å². The number of rotatable bonds is 5. The summed E-state index contributed by atoms with van der Waals surface area (Å²) in [7, 11) is 1.51. The number of aryl methyl sites for hydroxylation is 2. The average Bonchev–Trinajstić information content (AvgIpc) is 3.22. The van der Waals surface area contributed by atoms with Gasteiger partial charge >= 0.3 is 0 Å². The van der Waals surface area contributed by atoms with E-state index in [9.17, 15) is 18.8 Å². The molecule has 0 aliphatic carbocycles. The smallest absolute Gasteiger partial charge is 0.268 e. The third-order valence-electron chi connectivity index (χ3n) is 6.60. The van der Waals surface area contributed by atoms with Crippen LogP contribution < -0.4 is 20.5 Å². The van der Waals surface area contributed by atoms with Crippen molar-refractivity contribution in [3.8, 4) is 5.75 Å². The molecule has 0 saturated heterocycles. The van der Waals surface area contributed by atoms with Gasteiger partial charge in [-0.25, -0.2) is 9.37 Å². The molecule has 1 atom stereocenters. The van der Waals surface area contributed by atoms with Crippen molar-refractivity contribution in [1.29, 1.82) is 0 Å². The average molecular weight is 521 g/mol. The predicted molar refractivity (Wildman–Crippen MR) is 141 cm³/mol. The predicted octanol–water partition coefficient (Wildman–Crippen LogP) is 4.53. The molecule has 2 amide bonds. The summed E-state index contributed by atoms with van der Waals surface area (Å²) in [5, 5.41) is 3.06. The van der Waals surface area contributed by atoms with Crippen molar-refractivity contribution in [3.63, 3.8) is 0 Å². The summed E-state index contributed by atoms with van der Waals surface area (Å²) >= 11 is 1.15. The summed E-state index contributed by atoms with van der Waals surface area (Å²) in [5.74, 6) is -0.494. The number of anilines is 2. The molecular weight excluding hydrogens is 495 g/mol. The van der Waals surface area contributed by atoms with E-state index in [0.717, 1.165) is 16.9 Å². The number of amides is 2. The van der Waals surface area contributed by atoms with Crippen molar-refractivity contribution < 1.29 is 18.7 Å². The van der Waals surface area contributed by atoms with Crippen LogP contribution in [0.3, 0.4) is 0 Å². The Morgan fingerprint density at radius 2 is 2.03 bits per heavy atom. The number of para-hydroxylation sites is 2. The molecule has 0 fully saturated rings. The van der Waals surface area contributed by atoms with E-state index in [0.29, 0.717) is 50.6 Å². The third kappa shape index (κ3) is 4.48. The van der Waals surface area contributed by atoms with Crippen molar-refractivity contribution in [3.05, 3.63) is 81.0 Å². The quantitative estimate of drug-likeness (QED) is 0.417. The number of carbonyl (C=O) groups is 2. The highest BCUT2D eigenvalue weighted by atomic mass is 32.1. The van der Waals surface area contributed by atoms with Crippen LogP contribution in [-0.4, -0.2) is 34.5 Å². The number of hydrogen-bond donors (Lipinski definition) is 1. The van der Waals surface area contributed by atoms with E-state index in [1.165, 1.54) is 30.1 Å². The number of thiophene rings is 1. The van der Waals surface area contributed by atoms with Crippen LogP contribution >= 0.6 is 11.3 Å². The van der Waals surface area contributed by atoms with Crippen LogP contribution in [0.1, 0.15) is 34.1 Å². The Hall–Kier alpha value is -4.05.